The number of halogens is 1. The quantitative estimate of drug-likeness (QED) is 0.722. The third kappa shape index (κ3) is 4.38. The Labute approximate surface area is 162 Å². The van der Waals surface area contributed by atoms with Crippen LogP contribution in [0.2, 0.25) is 5.02 Å². The van der Waals surface area contributed by atoms with Gasteiger partial charge in [0.2, 0.25) is 0 Å². The topological polar surface area (TPSA) is 60.3 Å². The van der Waals surface area contributed by atoms with Gasteiger partial charge in [0.15, 0.2) is 0 Å². The van der Waals surface area contributed by atoms with Gasteiger partial charge in [0, 0.05) is 22.8 Å². The molecule has 0 aliphatic rings. The number of aromatic nitrogens is 1. The minimum atomic E-state index is -0.281. The number of aryl methyl sites for hydroxylation is 1. The van der Waals surface area contributed by atoms with Crippen LogP contribution in [0.25, 0.3) is 0 Å². The average molecular weight is 383 g/mol. The van der Waals surface area contributed by atoms with Crippen molar-refractivity contribution in [2.45, 2.75) is 13.5 Å². The second kappa shape index (κ2) is 8.10. The first kappa shape index (κ1) is 18.7. The average Bonchev–Trinajstić information content (AvgIpc) is 2.66. The molecule has 3 aromatic rings. The number of benzene rings is 2. The number of carbonyl (C=O) groups is 1. The van der Waals surface area contributed by atoms with E-state index < -0.39 is 0 Å². The molecule has 3 rings (SSSR count). The van der Waals surface area contributed by atoms with Crippen molar-refractivity contribution in [2.24, 2.45) is 0 Å². The predicted molar refractivity (Wildman–Crippen MR) is 107 cm³/mol. The molecule has 1 N–H and O–H groups in total. The summed E-state index contributed by atoms with van der Waals surface area (Å²) < 4.78 is 6.77. The van der Waals surface area contributed by atoms with E-state index in [0.717, 1.165) is 11.1 Å². The first-order valence-corrected chi connectivity index (χ1v) is 8.75. The molecule has 6 heteroatoms. The van der Waals surface area contributed by atoms with Crippen molar-refractivity contribution in [3.05, 3.63) is 92.9 Å². The van der Waals surface area contributed by atoms with E-state index in [4.69, 9.17) is 16.3 Å². The van der Waals surface area contributed by atoms with Crippen LogP contribution in [0.5, 0.6) is 5.75 Å². The van der Waals surface area contributed by atoms with E-state index in [0.29, 0.717) is 28.6 Å². The summed E-state index contributed by atoms with van der Waals surface area (Å²) in [6.45, 7) is 2.23. The minimum absolute atomic E-state index is 0.176. The lowest BCUT2D eigenvalue weighted by molar-refractivity contribution is 0.102. The number of hydrogen-bond acceptors (Lipinski definition) is 3. The summed E-state index contributed by atoms with van der Waals surface area (Å²) in [7, 11) is 1.56. The van der Waals surface area contributed by atoms with Gasteiger partial charge in [0.1, 0.15) is 5.75 Å². The molecule has 0 atom stereocenters. The third-order valence-electron chi connectivity index (χ3n) is 4.21. The van der Waals surface area contributed by atoms with Gasteiger partial charge in [-0.05, 0) is 42.3 Å². The van der Waals surface area contributed by atoms with Crippen LogP contribution in [0.15, 0.2) is 65.6 Å². The number of amides is 1. The molecule has 0 aliphatic carbocycles. The lowest BCUT2D eigenvalue weighted by Crippen LogP contribution is -2.21. The van der Waals surface area contributed by atoms with Crippen molar-refractivity contribution in [1.82, 2.24) is 4.57 Å². The fourth-order valence-corrected chi connectivity index (χ4v) is 2.90. The summed E-state index contributed by atoms with van der Waals surface area (Å²) in [5, 5.41) is 3.40. The largest absolute Gasteiger partial charge is 0.496 e. The molecule has 0 unspecified atom stereocenters. The normalized spacial score (nSPS) is 10.5. The molecular formula is C21H19ClN2O3. The maximum absolute atomic E-state index is 12.5. The smallest absolute Gasteiger partial charge is 0.255 e. The monoisotopic (exact) mass is 382 g/mol. The van der Waals surface area contributed by atoms with Gasteiger partial charge in [-0.3, -0.25) is 9.59 Å². The fourth-order valence-electron chi connectivity index (χ4n) is 2.70. The SMILES string of the molecule is COc1cc(C(=O)Nc2ccc(=O)n(Cc3ccccc3Cl)c2)ccc1C. The summed E-state index contributed by atoms with van der Waals surface area (Å²) in [6.07, 6.45) is 1.61. The van der Waals surface area contributed by atoms with E-state index >= 15 is 0 Å². The molecule has 1 aromatic heterocycles. The van der Waals surface area contributed by atoms with Crippen molar-refractivity contribution < 1.29 is 9.53 Å². The summed E-state index contributed by atoms with van der Waals surface area (Å²) in [4.78, 5) is 24.7. The number of carbonyl (C=O) groups excluding carboxylic acids is 1. The van der Waals surface area contributed by atoms with Crippen molar-refractivity contribution in [1.29, 1.82) is 0 Å². The van der Waals surface area contributed by atoms with Crippen molar-refractivity contribution >= 4 is 23.2 Å². The van der Waals surface area contributed by atoms with E-state index in [2.05, 4.69) is 5.32 Å². The predicted octanol–water partition coefficient (Wildman–Crippen LogP) is 4.12. The number of methoxy groups -OCH3 is 1. The standard InChI is InChI=1S/C21H19ClN2O3/c1-14-7-8-15(11-19(14)27-2)21(26)23-17-9-10-20(25)24(13-17)12-16-5-3-4-6-18(16)22/h3-11,13H,12H2,1-2H3,(H,23,26). The zero-order valence-electron chi connectivity index (χ0n) is 15.0. The Hall–Kier alpha value is -3.05. The lowest BCUT2D eigenvalue weighted by Gasteiger charge is -2.11. The molecule has 0 aliphatic heterocycles. The highest BCUT2D eigenvalue weighted by Crippen LogP contribution is 2.20. The third-order valence-corrected chi connectivity index (χ3v) is 4.58. The highest BCUT2D eigenvalue weighted by molar-refractivity contribution is 6.31. The molecule has 0 radical (unpaired) electrons. The molecule has 0 saturated heterocycles. The van der Waals surface area contributed by atoms with Gasteiger partial charge < -0.3 is 14.6 Å². The Morgan fingerprint density at radius 2 is 1.93 bits per heavy atom. The second-order valence-electron chi connectivity index (χ2n) is 6.11. The first-order valence-electron chi connectivity index (χ1n) is 8.38. The van der Waals surface area contributed by atoms with Crippen LogP contribution in [0.4, 0.5) is 5.69 Å². The van der Waals surface area contributed by atoms with Crippen LogP contribution in [0.3, 0.4) is 0 Å². The van der Waals surface area contributed by atoms with Crippen LogP contribution in [-0.4, -0.2) is 17.6 Å². The molecule has 0 fully saturated rings. The minimum Gasteiger partial charge on any atom is -0.496 e. The fraction of sp³-hybridized carbons (Fsp3) is 0.143. The Kier molecular flexibility index (Phi) is 5.62. The summed E-state index contributed by atoms with van der Waals surface area (Å²) in [5.74, 6) is 0.364. The molecule has 0 spiro atoms. The van der Waals surface area contributed by atoms with E-state index in [1.165, 1.54) is 10.6 Å². The molecule has 5 nitrogen and oxygen atoms in total. The van der Waals surface area contributed by atoms with Crippen LogP contribution in [0, 0.1) is 6.92 Å². The van der Waals surface area contributed by atoms with Crippen LogP contribution < -0.4 is 15.6 Å². The number of pyridine rings is 1. The molecular weight excluding hydrogens is 364 g/mol. The summed E-state index contributed by atoms with van der Waals surface area (Å²) in [5.41, 5.74) is 2.59. The highest BCUT2D eigenvalue weighted by Gasteiger charge is 2.10. The highest BCUT2D eigenvalue weighted by atomic mass is 35.5. The van der Waals surface area contributed by atoms with Crippen molar-refractivity contribution in [2.75, 3.05) is 12.4 Å². The molecule has 27 heavy (non-hydrogen) atoms. The molecule has 1 amide bonds. The molecule has 2 aromatic carbocycles. The molecule has 1 heterocycles. The van der Waals surface area contributed by atoms with Gasteiger partial charge in [-0.1, -0.05) is 35.9 Å². The van der Waals surface area contributed by atoms with Gasteiger partial charge in [-0.25, -0.2) is 0 Å². The van der Waals surface area contributed by atoms with Gasteiger partial charge in [-0.2, -0.15) is 0 Å². The van der Waals surface area contributed by atoms with Crippen molar-refractivity contribution in [3.8, 4) is 5.75 Å². The molecule has 0 bridgehead atoms. The Balaban J connectivity index is 1.83. The van der Waals surface area contributed by atoms with Gasteiger partial charge >= 0.3 is 0 Å². The van der Waals surface area contributed by atoms with Crippen LogP contribution in [-0.2, 0) is 6.54 Å². The number of ether oxygens (including phenoxy) is 1. The molecule has 0 saturated carbocycles. The Morgan fingerprint density at radius 3 is 2.67 bits per heavy atom. The van der Waals surface area contributed by atoms with Crippen molar-refractivity contribution in [3.63, 3.8) is 0 Å². The van der Waals surface area contributed by atoms with Gasteiger partial charge in [0.25, 0.3) is 11.5 Å². The summed E-state index contributed by atoms with van der Waals surface area (Å²) in [6, 6.07) is 15.6. The number of hydrogen-bond donors (Lipinski definition) is 1. The van der Waals surface area contributed by atoms with E-state index in [-0.39, 0.29) is 11.5 Å². The maximum atomic E-state index is 12.5. The van der Waals surface area contributed by atoms with Gasteiger partial charge in [0.05, 0.1) is 19.3 Å². The Bertz CT molecular complexity index is 1040. The lowest BCUT2D eigenvalue weighted by atomic mass is 10.1. The molecule has 138 valence electrons. The van der Waals surface area contributed by atoms with E-state index in [9.17, 15) is 9.59 Å². The second-order valence-corrected chi connectivity index (χ2v) is 6.52. The number of anilines is 1. The number of nitrogens with one attached hydrogen (secondary N) is 1. The maximum Gasteiger partial charge on any atom is 0.255 e. The van der Waals surface area contributed by atoms with E-state index in [1.54, 1.807) is 37.6 Å². The van der Waals surface area contributed by atoms with Gasteiger partial charge in [-0.15, -0.1) is 0 Å². The van der Waals surface area contributed by atoms with Crippen LogP contribution in [0.1, 0.15) is 21.5 Å². The van der Waals surface area contributed by atoms with E-state index in [1.807, 2.05) is 31.2 Å². The zero-order chi connectivity index (χ0) is 19.4. The zero-order valence-corrected chi connectivity index (χ0v) is 15.8. The first-order chi connectivity index (χ1) is 13.0. The number of rotatable bonds is 5. The summed E-state index contributed by atoms with van der Waals surface area (Å²) >= 11 is 6.17. The Morgan fingerprint density at radius 1 is 1.15 bits per heavy atom. The van der Waals surface area contributed by atoms with Crippen LogP contribution >= 0.6 is 11.6 Å². The number of nitrogens with zero attached hydrogens (tertiary/aromatic N) is 1.